The first-order valence-electron chi connectivity index (χ1n) is 4.08. The Balaban J connectivity index is 3.81. The summed E-state index contributed by atoms with van der Waals surface area (Å²) < 4.78 is 24.7. The van der Waals surface area contributed by atoms with Crippen LogP contribution in [0.2, 0.25) is 0 Å². The highest BCUT2D eigenvalue weighted by Gasteiger charge is 2.12. The minimum atomic E-state index is -3.12. The lowest BCUT2D eigenvalue weighted by atomic mass is 10.2. The van der Waals surface area contributed by atoms with E-state index in [1.54, 1.807) is 0 Å². The van der Waals surface area contributed by atoms with Gasteiger partial charge in [-0.2, -0.15) is 0 Å². The second-order valence-corrected chi connectivity index (χ2v) is 6.39. The fourth-order valence-corrected chi connectivity index (χ4v) is 2.04. The number of sulfonamides is 1. The maximum atomic E-state index is 11.1. The minimum Gasteiger partial charge on any atom is -0.309 e. The van der Waals surface area contributed by atoms with Crippen molar-refractivity contribution in [3.8, 4) is 0 Å². The molecule has 1 N–H and O–H groups in total. The van der Waals surface area contributed by atoms with Crippen LogP contribution in [0.1, 0.15) is 13.3 Å². The Morgan fingerprint density at radius 1 is 1.46 bits per heavy atom. The topological polar surface area (TPSA) is 49.4 Å². The summed E-state index contributed by atoms with van der Waals surface area (Å²) in [5, 5.41) is 0. The van der Waals surface area contributed by atoms with Crippen molar-refractivity contribution in [2.24, 2.45) is 0 Å². The Kier molecular flexibility index (Phi) is 6.11. The van der Waals surface area contributed by atoms with E-state index >= 15 is 0 Å². The highest BCUT2D eigenvalue weighted by atomic mass is 79.9. The van der Waals surface area contributed by atoms with Crippen LogP contribution in [0.15, 0.2) is 0 Å². The first-order chi connectivity index (χ1) is 5.87. The zero-order chi connectivity index (χ0) is 10.5. The van der Waals surface area contributed by atoms with Gasteiger partial charge in [-0.3, -0.25) is 0 Å². The molecule has 0 aromatic rings. The third-order valence-corrected chi connectivity index (χ3v) is 4.39. The Morgan fingerprint density at radius 2 is 2.00 bits per heavy atom. The highest BCUT2D eigenvalue weighted by Crippen LogP contribution is 1.98. The number of rotatable bonds is 6. The van der Waals surface area contributed by atoms with Crippen molar-refractivity contribution < 1.29 is 8.42 Å². The van der Waals surface area contributed by atoms with E-state index in [2.05, 4.69) is 20.7 Å². The second kappa shape index (κ2) is 5.95. The van der Waals surface area contributed by atoms with Gasteiger partial charge in [0, 0.05) is 6.04 Å². The summed E-state index contributed by atoms with van der Waals surface area (Å²) in [6.45, 7) is 2.75. The van der Waals surface area contributed by atoms with Gasteiger partial charge < -0.3 is 4.90 Å². The summed E-state index contributed by atoms with van der Waals surface area (Å²) in [6.07, 6.45) is 0.819. The lowest BCUT2D eigenvalue weighted by Crippen LogP contribution is -2.35. The predicted octanol–water partition coefficient (Wildman–Crippen LogP) is 0.598. The molecule has 0 saturated heterocycles. The van der Waals surface area contributed by atoms with Crippen LogP contribution >= 0.6 is 15.9 Å². The summed E-state index contributed by atoms with van der Waals surface area (Å²) in [4.78, 5) is 2.03. The van der Waals surface area contributed by atoms with Crippen molar-refractivity contribution >= 4 is 26.0 Å². The van der Waals surface area contributed by atoms with Crippen LogP contribution in [0.3, 0.4) is 0 Å². The lowest BCUT2D eigenvalue weighted by Gasteiger charge is -2.15. The van der Waals surface area contributed by atoms with Crippen LogP contribution in [0.4, 0.5) is 0 Å². The summed E-state index contributed by atoms with van der Waals surface area (Å²) in [5.74, 6) is 0. The van der Waals surface area contributed by atoms with Crippen molar-refractivity contribution in [2.75, 3.05) is 25.3 Å². The van der Waals surface area contributed by atoms with E-state index in [1.807, 2.05) is 25.9 Å². The predicted molar refractivity (Wildman–Crippen MR) is 58.5 cm³/mol. The van der Waals surface area contributed by atoms with Gasteiger partial charge in [0.15, 0.2) is 0 Å². The van der Waals surface area contributed by atoms with Crippen molar-refractivity contribution in [1.82, 2.24) is 9.62 Å². The first-order valence-corrected chi connectivity index (χ1v) is 6.85. The molecule has 0 bridgehead atoms. The van der Waals surface area contributed by atoms with Gasteiger partial charge in [0.1, 0.15) is 4.66 Å². The second-order valence-electron chi connectivity index (χ2n) is 3.33. The van der Waals surface area contributed by atoms with E-state index < -0.39 is 10.0 Å². The molecule has 0 aliphatic heterocycles. The number of hydrogen-bond donors (Lipinski definition) is 1. The molecule has 0 aromatic heterocycles. The fraction of sp³-hybridized carbons (Fsp3) is 1.00. The van der Waals surface area contributed by atoms with Crippen molar-refractivity contribution in [1.29, 1.82) is 0 Å². The summed E-state index contributed by atoms with van der Waals surface area (Å²) >= 11 is 2.92. The molecule has 0 heterocycles. The first kappa shape index (κ1) is 13.4. The van der Waals surface area contributed by atoms with Gasteiger partial charge in [0.25, 0.3) is 0 Å². The maximum Gasteiger partial charge on any atom is 0.221 e. The Labute approximate surface area is 88.9 Å². The smallest absolute Gasteiger partial charge is 0.221 e. The van der Waals surface area contributed by atoms with E-state index in [4.69, 9.17) is 0 Å². The molecule has 0 radical (unpaired) electrons. The summed E-state index contributed by atoms with van der Waals surface area (Å²) in [7, 11) is 0.810. The van der Waals surface area contributed by atoms with E-state index in [1.165, 1.54) is 0 Å². The molecule has 0 amide bonds. The molecule has 0 fully saturated rings. The van der Waals surface area contributed by atoms with E-state index in [-0.39, 0.29) is 10.7 Å². The van der Waals surface area contributed by atoms with Crippen LogP contribution in [-0.2, 0) is 10.0 Å². The van der Waals surface area contributed by atoms with E-state index in [0.29, 0.717) is 0 Å². The molecule has 80 valence electrons. The van der Waals surface area contributed by atoms with Crippen LogP contribution in [0.25, 0.3) is 0 Å². The SMILES string of the molecule is CC(CCN(C)C)NS(=O)(=O)CBr. The quantitative estimate of drug-likeness (QED) is 0.721. The lowest BCUT2D eigenvalue weighted by molar-refractivity contribution is 0.379. The molecule has 0 spiro atoms. The number of nitrogens with one attached hydrogen (secondary N) is 1. The molecule has 1 unspecified atom stereocenters. The molecular formula is C7H17BrN2O2S. The normalized spacial score (nSPS) is 14.8. The van der Waals surface area contributed by atoms with Crippen LogP contribution in [0, 0.1) is 0 Å². The average molecular weight is 273 g/mol. The number of hydrogen-bond acceptors (Lipinski definition) is 3. The third-order valence-electron chi connectivity index (χ3n) is 1.53. The fourth-order valence-electron chi connectivity index (χ4n) is 0.849. The van der Waals surface area contributed by atoms with Gasteiger partial charge in [-0.1, -0.05) is 15.9 Å². The van der Waals surface area contributed by atoms with E-state index in [9.17, 15) is 8.42 Å². The molecule has 0 rings (SSSR count). The summed E-state index contributed by atoms with van der Waals surface area (Å²) in [6, 6.07) is -0.00931. The van der Waals surface area contributed by atoms with Crippen molar-refractivity contribution in [2.45, 2.75) is 19.4 Å². The molecule has 0 aliphatic rings. The van der Waals surface area contributed by atoms with Crippen molar-refractivity contribution in [3.05, 3.63) is 0 Å². The molecular weight excluding hydrogens is 256 g/mol. The van der Waals surface area contributed by atoms with E-state index in [0.717, 1.165) is 13.0 Å². The zero-order valence-corrected chi connectivity index (χ0v) is 10.7. The van der Waals surface area contributed by atoms with Gasteiger partial charge in [-0.05, 0) is 34.0 Å². The Morgan fingerprint density at radius 3 is 2.38 bits per heavy atom. The number of halogens is 1. The van der Waals surface area contributed by atoms with Gasteiger partial charge in [-0.15, -0.1) is 0 Å². The van der Waals surface area contributed by atoms with Gasteiger partial charge >= 0.3 is 0 Å². The molecule has 4 nitrogen and oxygen atoms in total. The molecule has 0 aromatic carbocycles. The average Bonchev–Trinajstić information content (AvgIpc) is 2.00. The maximum absolute atomic E-state index is 11.1. The molecule has 0 saturated carbocycles. The van der Waals surface area contributed by atoms with Crippen LogP contribution < -0.4 is 4.72 Å². The van der Waals surface area contributed by atoms with Gasteiger partial charge in [-0.25, -0.2) is 13.1 Å². The van der Waals surface area contributed by atoms with Crippen molar-refractivity contribution in [3.63, 3.8) is 0 Å². The van der Waals surface area contributed by atoms with Crippen LogP contribution in [0.5, 0.6) is 0 Å². The van der Waals surface area contributed by atoms with Gasteiger partial charge in [0.2, 0.25) is 10.0 Å². The number of alkyl halides is 1. The van der Waals surface area contributed by atoms with Gasteiger partial charge in [0.05, 0.1) is 0 Å². The molecule has 13 heavy (non-hydrogen) atoms. The van der Waals surface area contributed by atoms with Crippen LogP contribution in [-0.4, -0.2) is 44.7 Å². The highest BCUT2D eigenvalue weighted by molar-refractivity contribution is 9.10. The molecule has 1 atom stereocenters. The Bertz CT molecular complexity index is 229. The Hall–Kier alpha value is 0.350. The zero-order valence-electron chi connectivity index (χ0n) is 8.25. The number of nitrogens with zero attached hydrogens (tertiary/aromatic N) is 1. The monoisotopic (exact) mass is 272 g/mol. The largest absolute Gasteiger partial charge is 0.309 e. The summed E-state index contributed by atoms with van der Waals surface area (Å²) in [5.41, 5.74) is 0. The minimum absolute atomic E-state index is 0.00931. The molecule has 6 heteroatoms. The standard InChI is InChI=1S/C7H17BrN2O2S/c1-7(4-5-10(2)3)9-13(11,12)6-8/h7,9H,4-6H2,1-3H3. The third kappa shape index (κ3) is 7.42. The molecule has 0 aliphatic carbocycles.